The SMILES string of the molecule is c1ccc(-c2nc(-c3ccccc3)nc(-c3cc(-c4ccccc4-c4cccc5ccccc45)cc4oc5ccccc5c34)n2)cc1. The maximum Gasteiger partial charge on any atom is 0.164 e. The smallest absolute Gasteiger partial charge is 0.164 e. The van der Waals surface area contributed by atoms with Crippen LogP contribution in [0.4, 0.5) is 0 Å². The Bertz CT molecular complexity index is 2510. The van der Waals surface area contributed by atoms with Gasteiger partial charge >= 0.3 is 0 Å². The molecule has 9 aromatic rings. The number of furan rings is 1. The van der Waals surface area contributed by atoms with E-state index in [0.717, 1.165) is 55.3 Å². The minimum Gasteiger partial charge on any atom is -0.456 e. The van der Waals surface area contributed by atoms with Gasteiger partial charge in [0.05, 0.1) is 0 Å². The molecule has 0 unspecified atom stereocenters. The summed E-state index contributed by atoms with van der Waals surface area (Å²) in [6.45, 7) is 0. The zero-order valence-electron chi connectivity index (χ0n) is 25.3. The Balaban J connectivity index is 1.34. The summed E-state index contributed by atoms with van der Waals surface area (Å²) < 4.78 is 6.55. The Morgan fingerprint density at radius 3 is 1.64 bits per heavy atom. The quantitative estimate of drug-likeness (QED) is 0.197. The summed E-state index contributed by atoms with van der Waals surface area (Å²) in [6.07, 6.45) is 0. The monoisotopic (exact) mass is 601 g/mol. The number of rotatable bonds is 5. The lowest BCUT2D eigenvalue weighted by atomic mass is 9.90. The number of fused-ring (bicyclic) bond motifs is 4. The van der Waals surface area contributed by atoms with E-state index in [2.05, 4.69) is 84.9 Å². The molecule has 47 heavy (non-hydrogen) atoms. The molecule has 0 atom stereocenters. The lowest BCUT2D eigenvalue weighted by Gasteiger charge is -2.14. The van der Waals surface area contributed by atoms with E-state index in [4.69, 9.17) is 19.4 Å². The predicted molar refractivity (Wildman–Crippen MR) is 192 cm³/mol. The largest absolute Gasteiger partial charge is 0.456 e. The minimum atomic E-state index is 0.596. The summed E-state index contributed by atoms with van der Waals surface area (Å²) in [6, 6.07) is 56.3. The average molecular weight is 602 g/mol. The Morgan fingerprint density at radius 2 is 0.894 bits per heavy atom. The van der Waals surface area contributed by atoms with E-state index in [1.807, 2.05) is 78.9 Å². The van der Waals surface area contributed by atoms with Gasteiger partial charge in [0.1, 0.15) is 11.2 Å². The molecule has 0 saturated heterocycles. The Kier molecular flexibility index (Phi) is 6.43. The fourth-order valence-electron chi connectivity index (χ4n) is 6.55. The standard InChI is InChI=1S/C43H27N3O/c1-3-15-29(16-4-1)41-44-42(30-17-5-2-6-18-30)46-43(45-41)37-26-31(27-39-40(37)36-23-11-12-25-38(36)47-39)33-21-9-10-22-34(33)35-24-13-19-28-14-7-8-20-32(28)35/h1-27H. The maximum atomic E-state index is 6.55. The number of benzene rings is 7. The molecule has 0 N–H and O–H groups in total. The van der Waals surface area contributed by atoms with Crippen LogP contribution in [0, 0.1) is 0 Å². The van der Waals surface area contributed by atoms with Crippen molar-refractivity contribution >= 4 is 32.7 Å². The van der Waals surface area contributed by atoms with Crippen LogP contribution in [0.15, 0.2) is 168 Å². The van der Waals surface area contributed by atoms with Crippen LogP contribution in [0.2, 0.25) is 0 Å². The molecule has 2 heterocycles. The van der Waals surface area contributed by atoms with Crippen molar-refractivity contribution in [1.29, 1.82) is 0 Å². The molecule has 4 nitrogen and oxygen atoms in total. The van der Waals surface area contributed by atoms with Crippen molar-refractivity contribution < 1.29 is 4.42 Å². The van der Waals surface area contributed by atoms with E-state index in [1.165, 1.54) is 16.3 Å². The molecular formula is C43H27N3O. The van der Waals surface area contributed by atoms with E-state index in [1.54, 1.807) is 0 Å². The molecule has 0 aliphatic heterocycles. The van der Waals surface area contributed by atoms with Crippen LogP contribution in [-0.4, -0.2) is 15.0 Å². The molecule has 0 radical (unpaired) electrons. The molecule has 0 fully saturated rings. The molecule has 0 spiro atoms. The first-order valence-electron chi connectivity index (χ1n) is 15.7. The van der Waals surface area contributed by atoms with Crippen molar-refractivity contribution in [2.24, 2.45) is 0 Å². The predicted octanol–water partition coefficient (Wildman–Crippen LogP) is 11.3. The Hall–Kier alpha value is -6.39. The highest BCUT2D eigenvalue weighted by Gasteiger charge is 2.21. The van der Waals surface area contributed by atoms with Gasteiger partial charge in [-0.1, -0.05) is 146 Å². The summed E-state index contributed by atoms with van der Waals surface area (Å²) in [5, 5.41) is 4.43. The van der Waals surface area contributed by atoms with Gasteiger partial charge in [0, 0.05) is 27.5 Å². The topological polar surface area (TPSA) is 51.8 Å². The third kappa shape index (κ3) is 4.75. The van der Waals surface area contributed by atoms with Crippen LogP contribution >= 0.6 is 0 Å². The van der Waals surface area contributed by atoms with Crippen LogP contribution in [0.5, 0.6) is 0 Å². The normalized spacial score (nSPS) is 11.4. The molecule has 7 aromatic carbocycles. The van der Waals surface area contributed by atoms with Gasteiger partial charge in [-0.2, -0.15) is 0 Å². The minimum absolute atomic E-state index is 0.596. The molecular weight excluding hydrogens is 574 g/mol. The number of para-hydroxylation sites is 1. The second-order valence-corrected chi connectivity index (χ2v) is 11.6. The van der Waals surface area contributed by atoms with Crippen LogP contribution in [0.1, 0.15) is 0 Å². The molecule has 2 aromatic heterocycles. The van der Waals surface area contributed by atoms with Crippen LogP contribution in [-0.2, 0) is 0 Å². The van der Waals surface area contributed by atoms with Crippen molar-refractivity contribution in [3.05, 3.63) is 164 Å². The van der Waals surface area contributed by atoms with Gasteiger partial charge < -0.3 is 4.42 Å². The number of nitrogens with zero attached hydrogens (tertiary/aromatic N) is 3. The zero-order valence-corrected chi connectivity index (χ0v) is 25.3. The van der Waals surface area contributed by atoms with Gasteiger partial charge in [0.15, 0.2) is 17.5 Å². The fraction of sp³-hybridized carbons (Fsp3) is 0. The fourth-order valence-corrected chi connectivity index (χ4v) is 6.55. The second kappa shape index (κ2) is 11.2. The highest BCUT2D eigenvalue weighted by atomic mass is 16.3. The average Bonchev–Trinajstić information content (AvgIpc) is 3.53. The third-order valence-electron chi connectivity index (χ3n) is 8.74. The lowest BCUT2D eigenvalue weighted by Crippen LogP contribution is -2.00. The number of hydrogen-bond acceptors (Lipinski definition) is 4. The first-order chi connectivity index (χ1) is 23.3. The van der Waals surface area contributed by atoms with Crippen LogP contribution in [0.3, 0.4) is 0 Å². The van der Waals surface area contributed by atoms with E-state index in [-0.39, 0.29) is 0 Å². The van der Waals surface area contributed by atoms with Crippen LogP contribution < -0.4 is 0 Å². The molecule has 0 saturated carbocycles. The molecule has 9 rings (SSSR count). The molecule has 0 bridgehead atoms. The molecule has 220 valence electrons. The van der Waals surface area contributed by atoms with E-state index in [9.17, 15) is 0 Å². The van der Waals surface area contributed by atoms with Gasteiger partial charge in [0.2, 0.25) is 0 Å². The van der Waals surface area contributed by atoms with Crippen molar-refractivity contribution in [3.63, 3.8) is 0 Å². The van der Waals surface area contributed by atoms with E-state index >= 15 is 0 Å². The summed E-state index contributed by atoms with van der Waals surface area (Å²) >= 11 is 0. The molecule has 4 heteroatoms. The first kappa shape index (κ1) is 27.0. The van der Waals surface area contributed by atoms with Gasteiger partial charge in [-0.25, -0.2) is 15.0 Å². The Morgan fingerprint density at radius 1 is 0.340 bits per heavy atom. The van der Waals surface area contributed by atoms with Gasteiger partial charge in [-0.3, -0.25) is 0 Å². The Labute approximate surface area is 271 Å². The van der Waals surface area contributed by atoms with Crippen molar-refractivity contribution in [2.75, 3.05) is 0 Å². The zero-order chi connectivity index (χ0) is 31.2. The lowest BCUT2D eigenvalue weighted by molar-refractivity contribution is 0.669. The summed E-state index contributed by atoms with van der Waals surface area (Å²) in [7, 11) is 0. The highest BCUT2D eigenvalue weighted by molar-refractivity contribution is 6.13. The van der Waals surface area contributed by atoms with Crippen LogP contribution in [0.25, 0.3) is 89.1 Å². The van der Waals surface area contributed by atoms with E-state index < -0.39 is 0 Å². The summed E-state index contributed by atoms with van der Waals surface area (Å²) in [5.74, 6) is 1.84. The summed E-state index contributed by atoms with van der Waals surface area (Å²) in [5.41, 5.74) is 8.83. The number of aromatic nitrogens is 3. The molecule has 0 aliphatic rings. The third-order valence-corrected chi connectivity index (χ3v) is 8.74. The van der Waals surface area contributed by atoms with Crippen molar-refractivity contribution in [1.82, 2.24) is 15.0 Å². The molecule has 0 amide bonds. The summed E-state index contributed by atoms with van der Waals surface area (Å²) in [4.78, 5) is 15.2. The van der Waals surface area contributed by atoms with Gasteiger partial charge in [-0.05, 0) is 51.2 Å². The van der Waals surface area contributed by atoms with Crippen molar-refractivity contribution in [3.8, 4) is 56.4 Å². The van der Waals surface area contributed by atoms with Gasteiger partial charge in [0.25, 0.3) is 0 Å². The second-order valence-electron chi connectivity index (χ2n) is 11.6. The first-order valence-corrected chi connectivity index (χ1v) is 15.7. The van der Waals surface area contributed by atoms with Crippen molar-refractivity contribution in [2.45, 2.75) is 0 Å². The highest BCUT2D eigenvalue weighted by Crippen LogP contribution is 2.42. The van der Waals surface area contributed by atoms with E-state index in [0.29, 0.717) is 17.5 Å². The maximum absolute atomic E-state index is 6.55. The number of hydrogen-bond donors (Lipinski definition) is 0. The molecule has 0 aliphatic carbocycles. The van der Waals surface area contributed by atoms with Gasteiger partial charge in [-0.15, -0.1) is 0 Å².